The molecule has 2 N–H and O–H groups in total. The lowest BCUT2D eigenvalue weighted by atomic mass is 9.97. The lowest BCUT2D eigenvalue weighted by molar-refractivity contribution is 0.268. The molecule has 14 heavy (non-hydrogen) atoms. The van der Waals surface area contributed by atoms with E-state index >= 15 is 0 Å². The quantitative estimate of drug-likeness (QED) is 0.719. The zero-order chi connectivity index (χ0) is 9.42. The molecule has 1 heterocycles. The number of nitrogens with two attached hydrogens (primary N) is 1. The molecule has 2 rings (SSSR count). The molecule has 0 aliphatic carbocycles. The van der Waals surface area contributed by atoms with Crippen molar-refractivity contribution in [3.05, 3.63) is 28.8 Å². The molecule has 1 atom stereocenters. The van der Waals surface area contributed by atoms with Gasteiger partial charge in [0.25, 0.3) is 0 Å². The summed E-state index contributed by atoms with van der Waals surface area (Å²) in [5.41, 5.74) is 9.71. The highest BCUT2D eigenvalue weighted by atomic mass is 35.5. The molecule has 1 aliphatic heterocycles. The summed E-state index contributed by atoms with van der Waals surface area (Å²) in [6, 6.07) is 4.39. The van der Waals surface area contributed by atoms with Crippen molar-refractivity contribution in [1.82, 2.24) is 0 Å². The Labute approximate surface area is 90.9 Å². The number of hydrogen-bond acceptors (Lipinski definition) is 2. The van der Waals surface area contributed by atoms with Crippen molar-refractivity contribution < 1.29 is 4.74 Å². The molecule has 0 amide bonds. The first-order valence-electron chi connectivity index (χ1n) is 4.68. The third-order valence-electron chi connectivity index (χ3n) is 2.71. The second-order valence-corrected chi connectivity index (χ2v) is 3.72. The maximum atomic E-state index is 5.99. The Morgan fingerprint density at radius 2 is 1.93 bits per heavy atom. The number of hydrogen-bond donors (Lipinski definition) is 1. The molecule has 0 saturated heterocycles. The van der Waals surface area contributed by atoms with Gasteiger partial charge < -0.3 is 10.5 Å². The van der Waals surface area contributed by atoms with Gasteiger partial charge in [0.15, 0.2) is 0 Å². The van der Waals surface area contributed by atoms with Gasteiger partial charge in [-0.25, -0.2) is 0 Å². The first-order valence-corrected chi connectivity index (χ1v) is 4.68. The maximum Gasteiger partial charge on any atom is 0.124 e. The molecule has 3 heteroatoms. The minimum Gasteiger partial charge on any atom is -0.493 e. The molecule has 0 radical (unpaired) electrons. The van der Waals surface area contributed by atoms with E-state index in [1.54, 1.807) is 0 Å². The second kappa shape index (κ2) is 4.20. The van der Waals surface area contributed by atoms with Crippen LogP contribution in [0.4, 0.5) is 0 Å². The number of fused-ring (bicyclic) bond motifs is 1. The van der Waals surface area contributed by atoms with Crippen molar-refractivity contribution in [3.63, 3.8) is 0 Å². The van der Waals surface area contributed by atoms with E-state index in [-0.39, 0.29) is 18.4 Å². The molecular formula is C11H16ClNO. The highest BCUT2D eigenvalue weighted by molar-refractivity contribution is 5.85. The summed E-state index contributed by atoms with van der Waals surface area (Å²) in [6.07, 6.45) is 0.926. The Kier molecular flexibility index (Phi) is 3.40. The molecule has 0 fully saturated rings. The van der Waals surface area contributed by atoms with Crippen LogP contribution in [0.25, 0.3) is 0 Å². The summed E-state index contributed by atoms with van der Waals surface area (Å²) < 4.78 is 5.55. The maximum absolute atomic E-state index is 5.99. The van der Waals surface area contributed by atoms with E-state index in [1.165, 1.54) is 11.1 Å². The van der Waals surface area contributed by atoms with Gasteiger partial charge in [-0.2, -0.15) is 0 Å². The van der Waals surface area contributed by atoms with Crippen LogP contribution in [0.15, 0.2) is 12.1 Å². The van der Waals surface area contributed by atoms with Crippen molar-refractivity contribution in [3.8, 4) is 5.75 Å². The predicted octanol–water partition coefficient (Wildman–Crippen LogP) is 2.51. The van der Waals surface area contributed by atoms with Gasteiger partial charge >= 0.3 is 0 Å². The number of aryl methyl sites for hydroxylation is 2. The van der Waals surface area contributed by atoms with Crippen molar-refractivity contribution >= 4 is 12.4 Å². The summed E-state index contributed by atoms with van der Waals surface area (Å²) in [7, 11) is 0. The molecule has 1 aliphatic rings. The average Bonchev–Trinajstić information content (AvgIpc) is 2.09. The molecule has 1 aromatic carbocycles. The highest BCUT2D eigenvalue weighted by Crippen LogP contribution is 2.32. The summed E-state index contributed by atoms with van der Waals surface area (Å²) in [6.45, 7) is 4.95. The smallest absolute Gasteiger partial charge is 0.124 e. The van der Waals surface area contributed by atoms with Gasteiger partial charge in [0.05, 0.1) is 6.61 Å². The standard InChI is InChI=1S/C11H15NO.ClH/c1-7-5-9-10(12)3-4-13-11(9)6-8(7)2;/h5-6,10H,3-4,12H2,1-2H3;1H/t10-;/m0./s1. The van der Waals surface area contributed by atoms with Gasteiger partial charge in [-0.15, -0.1) is 12.4 Å². The van der Waals surface area contributed by atoms with E-state index in [1.807, 2.05) is 0 Å². The minimum atomic E-state index is 0. The van der Waals surface area contributed by atoms with Gasteiger partial charge in [0, 0.05) is 18.0 Å². The van der Waals surface area contributed by atoms with E-state index in [9.17, 15) is 0 Å². The van der Waals surface area contributed by atoms with Crippen molar-refractivity contribution in [2.75, 3.05) is 6.61 Å². The fourth-order valence-electron chi connectivity index (χ4n) is 1.68. The summed E-state index contributed by atoms with van der Waals surface area (Å²) in [4.78, 5) is 0. The van der Waals surface area contributed by atoms with Crippen LogP contribution in [0.1, 0.15) is 29.2 Å². The van der Waals surface area contributed by atoms with E-state index in [0.717, 1.165) is 24.3 Å². The van der Waals surface area contributed by atoms with Crippen LogP contribution >= 0.6 is 12.4 Å². The molecule has 2 nitrogen and oxygen atoms in total. The zero-order valence-corrected chi connectivity index (χ0v) is 9.36. The Hall–Kier alpha value is -0.730. The number of halogens is 1. The van der Waals surface area contributed by atoms with Crippen LogP contribution in [0.3, 0.4) is 0 Å². The lowest BCUT2D eigenvalue weighted by Crippen LogP contribution is -2.20. The summed E-state index contributed by atoms with van der Waals surface area (Å²) >= 11 is 0. The van der Waals surface area contributed by atoms with Crippen molar-refractivity contribution in [2.24, 2.45) is 5.73 Å². The zero-order valence-electron chi connectivity index (χ0n) is 8.54. The Morgan fingerprint density at radius 3 is 2.64 bits per heavy atom. The van der Waals surface area contributed by atoms with Crippen LogP contribution < -0.4 is 10.5 Å². The predicted molar refractivity (Wildman–Crippen MR) is 60.2 cm³/mol. The van der Waals surface area contributed by atoms with Crippen LogP contribution in [-0.2, 0) is 0 Å². The summed E-state index contributed by atoms with van der Waals surface area (Å²) in [5.74, 6) is 0.974. The first kappa shape index (κ1) is 11.3. The summed E-state index contributed by atoms with van der Waals surface area (Å²) in [5, 5.41) is 0. The van der Waals surface area contributed by atoms with Gasteiger partial charge in [0.1, 0.15) is 5.75 Å². The normalized spacial score (nSPS) is 19.2. The number of ether oxygens (including phenoxy) is 1. The molecule has 0 unspecified atom stereocenters. The van der Waals surface area contributed by atoms with Gasteiger partial charge in [-0.05, 0) is 31.0 Å². The van der Waals surface area contributed by atoms with Crippen LogP contribution in [-0.4, -0.2) is 6.61 Å². The van der Waals surface area contributed by atoms with E-state index in [0.29, 0.717) is 0 Å². The van der Waals surface area contributed by atoms with Crippen molar-refractivity contribution in [1.29, 1.82) is 0 Å². The fourth-order valence-corrected chi connectivity index (χ4v) is 1.68. The molecule has 78 valence electrons. The lowest BCUT2D eigenvalue weighted by Gasteiger charge is -2.24. The van der Waals surface area contributed by atoms with Gasteiger partial charge in [-0.3, -0.25) is 0 Å². The van der Waals surface area contributed by atoms with Gasteiger partial charge in [-0.1, -0.05) is 6.07 Å². The van der Waals surface area contributed by atoms with Crippen molar-refractivity contribution in [2.45, 2.75) is 26.3 Å². The molecule has 0 saturated carbocycles. The number of benzene rings is 1. The minimum absolute atomic E-state index is 0. The first-order chi connectivity index (χ1) is 6.18. The molecule has 1 aromatic rings. The molecule has 0 aromatic heterocycles. The van der Waals surface area contributed by atoms with Crippen LogP contribution in [0.2, 0.25) is 0 Å². The van der Waals surface area contributed by atoms with E-state index in [4.69, 9.17) is 10.5 Å². The average molecular weight is 214 g/mol. The van der Waals surface area contributed by atoms with Crippen LogP contribution in [0.5, 0.6) is 5.75 Å². The van der Waals surface area contributed by atoms with E-state index < -0.39 is 0 Å². The Morgan fingerprint density at radius 1 is 1.29 bits per heavy atom. The van der Waals surface area contributed by atoms with E-state index in [2.05, 4.69) is 26.0 Å². The molecular weight excluding hydrogens is 198 g/mol. The Balaban J connectivity index is 0.000000980. The van der Waals surface area contributed by atoms with Gasteiger partial charge in [0.2, 0.25) is 0 Å². The third-order valence-corrected chi connectivity index (χ3v) is 2.71. The largest absolute Gasteiger partial charge is 0.493 e. The number of rotatable bonds is 0. The molecule has 0 spiro atoms. The molecule has 0 bridgehead atoms. The monoisotopic (exact) mass is 213 g/mol. The SMILES string of the molecule is Cc1cc2c(cc1C)[C@@H](N)CCO2.Cl. The third kappa shape index (κ3) is 1.86. The Bertz CT molecular complexity index is 338. The fraction of sp³-hybridized carbons (Fsp3) is 0.455. The van der Waals surface area contributed by atoms with Crippen LogP contribution in [0, 0.1) is 13.8 Å². The second-order valence-electron chi connectivity index (χ2n) is 3.72. The topological polar surface area (TPSA) is 35.2 Å². The highest BCUT2D eigenvalue weighted by Gasteiger charge is 2.18.